The van der Waals surface area contributed by atoms with Gasteiger partial charge in [0, 0.05) is 56.0 Å². The second kappa shape index (κ2) is 12.3. The summed E-state index contributed by atoms with van der Waals surface area (Å²) in [4.78, 5) is 16.4. The van der Waals surface area contributed by atoms with Crippen molar-refractivity contribution in [2.24, 2.45) is 0 Å². The number of halogens is 1. The summed E-state index contributed by atoms with van der Waals surface area (Å²) in [5, 5.41) is 0.860. The molecule has 0 unspecified atom stereocenters. The summed E-state index contributed by atoms with van der Waals surface area (Å²) in [5.74, 6) is 0.161. The lowest BCUT2D eigenvalue weighted by Crippen LogP contribution is -2.25. The molecule has 2 aromatic heterocycles. The van der Waals surface area contributed by atoms with Gasteiger partial charge < -0.3 is 13.9 Å². The quantitative estimate of drug-likeness (QED) is 0.192. The summed E-state index contributed by atoms with van der Waals surface area (Å²) in [6.45, 7) is 11.9. The third-order valence-electron chi connectivity index (χ3n) is 6.64. The molecule has 0 amide bonds. The zero-order chi connectivity index (χ0) is 29.0. The molecule has 0 N–H and O–H groups in total. The van der Waals surface area contributed by atoms with Crippen LogP contribution in [0.4, 0.5) is 4.39 Å². The Morgan fingerprint density at radius 3 is 2.60 bits per heavy atom. The first-order valence-corrected chi connectivity index (χ1v) is 14.7. The van der Waals surface area contributed by atoms with Crippen LogP contribution in [0.25, 0.3) is 22.1 Å². The van der Waals surface area contributed by atoms with Gasteiger partial charge in [-0.25, -0.2) is 4.39 Å². The maximum atomic E-state index is 15.8. The predicted molar refractivity (Wildman–Crippen MR) is 156 cm³/mol. The summed E-state index contributed by atoms with van der Waals surface area (Å²) in [6.07, 6.45) is 3.61. The van der Waals surface area contributed by atoms with Crippen LogP contribution in [0.5, 0.6) is 5.75 Å². The zero-order valence-electron chi connectivity index (χ0n) is 23.9. The number of carbonyl (C=O) groups excluding carboxylic acids is 1. The second-order valence-corrected chi connectivity index (χ2v) is 13.2. The number of aryl methyl sites for hydroxylation is 3. The summed E-state index contributed by atoms with van der Waals surface area (Å²) < 4.78 is 45.2. The van der Waals surface area contributed by atoms with Gasteiger partial charge in [-0.05, 0) is 82.5 Å². The number of pyridine rings is 1. The van der Waals surface area contributed by atoms with E-state index in [-0.39, 0.29) is 35.9 Å². The Balaban J connectivity index is 1.66. The van der Waals surface area contributed by atoms with Crippen LogP contribution < -0.4 is 4.74 Å². The first-order chi connectivity index (χ1) is 19.0. The number of fused-ring (bicyclic) bond motifs is 1. The van der Waals surface area contributed by atoms with Gasteiger partial charge in [-0.3, -0.25) is 14.0 Å². The standard InChI is InChI=1S/C32H36FNO5S/c1-7-37-29(35)17-23-9-8-20(2)14-28(23)38-19-22-15-25-21(3)18-39-31(25)26(16-22)24-10-12-34-27(30(24)33)11-13-40(36)32(4,5)6/h8-10,12,14-16,18H,7,11,13,17,19H2,1-6H3/t40-/m1/s1. The van der Waals surface area contributed by atoms with E-state index in [4.69, 9.17) is 13.9 Å². The molecule has 6 nitrogen and oxygen atoms in total. The molecule has 0 saturated carbocycles. The molecule has 4 rings (SSSR count). The fourth-order valence-corrected chi connectivity index (χ4v) is 5.43. The molecule has 0 fully saturated rings. The highest BCUT2D eigenvalue weighted by Crippen LogP contribution is 2.35. The van der Waals surface area contributed by atoms with Crippen LogP contribution in [0.2, 0.25) is 0 Å². The van der Waals surface area contributed by atoms with E-state index < -0.39 is 16.6 Å². The van der Waals surface area contributed by atoms with Crippen LogP contribution in [0.15, 0.2) is 53.3 Å². The van der Waals surface area contributed by atoms with Crippen LogP contribution in [0.1, 0.15) is 55.6 Å². The Labute approximate surface area is 237 Å². The number of nitrogens with zero attached hydrogens (tertiary/aromatic N) is 1. The van der Waals surface area contributed by atoms with Crippen molar-refractivity contribution < 1.29 is 27.3 Å². The number of ether oxygens (including phenoxy) is 2. The van der Waals surface area contributed by atoms with Crippen molar-refractivity contribution in [1.29, 1.82) is 0 Å². The molecule has 40 heavy (non-hydrogen) atoms. The highest BCUT2D eigenvalue weighted by molar-refractivity contribution is 7.86. The Morgan fingerprint density at radius 2 is 1.88 bits per heavy atom. The smallest absolute Gasteiger partial charge is 0.310 e. The zero-order valence-corrected chi connectivity index (χ0v) is 24.7. The van der Waals surface area contributed by atoms with Gasteiger partial charge in [0.05, 0.1) is 25.0 Å². The van der Waals surface area contributed by atoms with Gasteiger partial charge in [-0.1, -0.05) is 12.1 Å². The van der Waals surface area contributed by atoms with Crippen LogP contribution in [-0.2, 0) is 39.8 Å². The van der Waals surface area contributed by atoms with Crippen molar-refractivity contribution in [3.8, 4) is 16.9 Å². The maximum absolute atomic E-state index is 15.8. The number of benzene rings is 2. The summed E-state index contributed by atoms with van der Waals surface area (Å²) in [6, 6.07) is 11.2. The fourth-order valence-electron chi connectivity index (χ4n) is 4.44. The minimum Gasteiger partial charge on any atom is -0.489 e. The molecule has 0 aliphatic heterocycles. The molecule has 0 saturated heterocycles. The molecule has 0 radical (unpaired) electrons. The van der Waals surface area contributed by atoms with E-state index in [9.17, 15) is 9.00 Å². The fraction of sp³-hybridized carbons (Fsp3) is 0.375. The number of carbonyl (C=O) groups is 1. The SMILES string of the molecule is CCOC(=O)Cc1ccc(C)cc1OCc1cc(-c2ccnc(CC[S@@](=O)C(C)(C)C)c2F)c2occ(C)c2c1. The number of hydrogen-bond acceptors (Lipinski definition) is 6. The molecule has 2 heterocycles. The first kappa shape index (κ1) is 29.5. The van der Waals surface area contributed by atoms with Crippen LogP contribution in [0, 0.1) is 19.7 Å². The van der Waals surface area contributed by atoms with E-state index in [1.54, 1.807) is 25.5 Å². The molecule has 1 atom stereocenters. The molecule has 212 valence electrons. The number of furan rings is 1. The highest BCUT2D eigenvalue weighted by atomic mass is 32.2. The molecule has 2 aromatic carbocycles. The van der Waals surface area contributed by atoms with E-state index in [2.05, 4.69) is 4.98 Å². The molecular weight excluding hydrogens is 529 g/mol. The van der Waals surface area contributed by atoms with Crippen molar-refractivity contribution >= 4 is 27.7 Å². The van der Waals surface area contributed by atoms with Crippen molar-refractivity contribution in [3.05, 3.63) is 82.6 Å². The molecule has 0 spiro atoms. The minimum atomic E-state index is -1.12. The summed E-state index contributed by atoms with van der Waals surface area (Å²) in [5.41, 5.74) is 5.30. The van der Waals surface area contributed by atoms with Crippen molar-refractivity contribution in [1.82, 2.24) is 4.98 Å². The van der Waals surface area contributed by atoms with Crippen molar-refractivity contribution in [2.45, 2.75) is 65.7 Å². The lowest BCUT2D eigenvalue weighted by molar-refractivity contribution is -0.142. The van der Waals surface area contributed by atoms with Crippen LogP contribution in [0.3, 0.4) is 0 Å². The molecular formula is C32H36FNO5S. The third-order valence-corrected chi connectivity index (χ3v) is 8.58. The number of aromatic nitrogens is 1. The Hall–Kier alpha value is -3.52. The van der Waals surface area contributed by atoms with Gasteiger partial charge in [0.1, 0.15) is 17.9 Å². The molecule has 8 heteroatoms. The van der Waals surface area contributed by atoms with Crippen molar-refractivity contribution in [2.75, 3.05) is 12.4 Å². The lowest BCUT2D eigenvalue weighted by Gasteiger charge is -2.17. The normalized spacial score (nSPS) is 12.5. The number of rotatable bonds is 10. The number of hydrogen-bond donors (Lipinski definition) is 0. The van der Waals surface area contributed by atoms with Crippen LogP contribution >= 0.6 is 0 Å². The minimum absolute atomic E-state index is 0.111. The van der Waals surface area contributed by atoms with E-state index >= 15 is 4.39 Å². The molecule has 4 aromatic rings. The summed E-state index contributed by atoms with van der Waals surface area (Å²) in [7, 11) is -1.12. The van der Waals surface area contributed by atoms with E-state index in [0.717, 1.165) is 27.6 Å². The Bertz CT molecular complexity index is 1550. The van der Waals surface area contributed by atoms with Gasteiger partial charge in [-0.15, -0.1) is 0 Å². The monoisotopic (exact) mass is 565 g/mol. The van der Waals surface area contributed by atoms with Gasteiger partial charge in [0.15, 0.2) is 5.82 Å². The second-order valence-electron chi connectivity index (χ2n) is 10.9. The van der Waals surface area contributed by atoms with Gasteiger partial charge in [0.25, 0.3) is 0 Å². The average molecular weight is 566 g/mol. The van der Waals surface area contributed by atoms with Crippen LogP contribution in [-0.4, -0.2) is 32.3 Å². The average Bonchev–Trinajstić information content (AvgIpc) is 3.27. The molecule has 0 aliphatic carbocycles. The molecule has 0 bridgehead atoms. The first-order valence-electron chi connectivity index (χ1n) is 13.4. The van der Waals surface area contributed by atoms with Gasteiger partial charge in [0.2, 0.25) is 0 Å². The summed E-state index contributed by atoms with van der Waals surface area (Å²) >= 11 is 0. The Kier molecular flexibility index (Phi) is 9.08. The lowest BCUT2D eigenvalue weighted by atomic mass is 9.98. The van der Waals surface area contributed by atoms with E-state index in [0.29, 0.717) is 34.8 Å². The Morgan fingerprint density at radius 1 is 1.10 bits per heavy atom. The topological polar surface area (TPSA) is 78.6 Å². The number of esters is 1. The van der Waals surface area contributed by atoms with E-state index in [1.165, 1.54) is 0 Å². The van der Waals surface area contributed by atoms with E-state index in [1.807, 2.05) is 65.0 Å². The van der Waals surface area contributed by atoms with Gasteiger partial charge in [-0.2, -0.15) is 0 Å². The molecule has 0 aliphatic rings. The highest BCUT2D eigenvalue weighted by Gasteiger charge is 2.22. The maximum Gasteiger partial charge on any atom is 0.310 e. The third kappa shape index (κ3) is 6.78. The van der Waals surface area contributed by atoms with Crippen molar-refractivity contribution in [3.63, 3.8) is 0 Å². The largest absolute Gasteiger partial charge is 0.489 e. The van der Waals surface area contributed by atoms with Gasteiger partial charge >= 0.3 is 5.97 Å². The predicted octanol–water partition coefficient (Wildman–Crippen LogP) is 7.03.